The minimum Gasteiger partial charge on any atom is -0.393 e. The molecule has 1 rings (SSSR count). The Morgan fingerprint density at radius 1 is 1.39 bits per heavy atom. The topological polar surface area (TPSA) is 56.7 Å². The van der Waals surface area contributed by atoms with Gasteiger partial charge in [-0.15, -0.1) is 24.0 Å². The number of aliphatic hydroxyl groups is 1. The Hall–Kier alpha value is 0.310. The Balaban J connectivity index is 0.00000289. The lowest BCUT2D eigenvalue weighted by molar-refractivity contribution is 0.136. The van der Waals surface area contributed by atoms with E-state index >= 15 is 0 Å². The van der Waals surface area contributed by atoms with E-state index in [0.29, 0.717) is 5.92 Å². The van der Waals surface area contributed by atoms with Gasteiger partial charge in [-0.2, -0.15) is 11.8 Å². The summed E-state index contributed by atoms with van der Waals surface area (Å²) >= 11 is 1.82. The van der Waals surface area contributed by atoms with E-state index in [0.717, 1.165) is 50.6 Å². The highest BCUT2D eigenvalue weighted by Crippen LogP contribution is 2.25. The number of halogens is 1. The SMILES string of the molecule is CCNC(=NCC1CCCC1O)NCCSC.I. The van der Waals surface area contributed by atoms with Gasteiger partial charge in [-0.3, -0.25) is 4.99 Å². The van der Waals surface area contributed by atoms with Crippen molar-refractivity contribution >= 4 is 41.7 Å². The van der Waals surface area contributed by atoms with Gasteiger partial charge < -0.3 is 15.7 Å². The lowest BCUT2D eigenvalue weighted by atomic mass is 10.1. The lowest BCUT2D eigenvalue weighted by Gasteiger charge is -2.14. The third-order valence-electron chi connectivity index (χ3n) is 3.05. The molecule has 3 N–H and O–H groups in total. The van der Waals surface area contributed by atoms with Crippen molar-refractivity contribution in [3.8, 4) is 0 Å². The highest BCUT2D eigenvalue weighted by Gasteiger charge is 2.24. The molecule has 6 heteroatoms. The smallest absolute Gasteiger partial charge is 0.191 e. The molecule has 0 bridgehead atoms. The van der Waals surface area contributed by atoms with Gasteiger partial charge in [-0.1, -0.05) is 6.42 Å². The fourth-order valence-corrected chi connectivity index (χ4v) is 2.36. The molecule has 1 aliphatic carbocycles. The Morgan fingerprint density at radius 3 is 2.72 bits per heavy atom. The third kappa shape index (κ3) is 7.04. The van der Waals surface area contributed by atoms with Crippen LogP contribution in [0.1, 0.15) is 26.2 Å². The molecular weight excluding hydrogens is 361 g/mol. The number of thioether (sulfide) groups is 1. The molecule has 0 saturated heterocycles. The minimum absolute atomic E-state index is 0. The van der Waals surface area contributed by atoms with E-state index in [9.17, 15) is 5.11 Å². The van der Waals surface area contributed by atoms with Crippen LogP contribution in [0.25, 0.3) is 0 Å². The van der Waals surface area contributed by atoms with Gasteiger partial charge in [0.05, 0.1) is 6.10 Å². The van der Waals surface area contributed by atoms with Crippen LogP contribution in [-0.4, -0.2) is 48.8 Å². The third-order valence-corrected chi connectivity index (χ3v) is 3.66. The van der Waals surface area contributed by atoms with Crippen LogP contribution in [0, 0.1) is 5.92 Å². The van der Waals surface area contributed by atoms with Crippen molar-refractivity contribution in [1.82, 2.24) is 10.6 Å². The van der Waals surface area contributed by atoms with Gasteiger partial charge in [-0.05, 0) is 26.0 Å². The number of guanidine groups is 1. The second kappa shape index (κ2) is 11.2. The maximum Gasteiger partial charge on any atom is 0.191 e. The van der Waals surface area contributed by atoms with Crippen LogP contribution >= 0.6 is 35.7 Å². The zero-order chi connectivity index (χ0) is 12.5. The summed E-state index contributed by atoms with van der Waals surface area (Å²) < 4.78 is 0. The van der Waals surface area contributed by atoms with Crippen molar-refractivity contribution in [2.75, 3.05) is 31.6 Å². The number of rotatable bonds is 6. The number of nitrogens with one attached hydrogen (secondary N) is 2. The summed E-state index contributed by atoms with van der Waals surface area (Å²) in [5.41, 5.74) is 0. The molecule has 0 heterocycles. The van der Waals surface area contributed by atoms with Crippen molar-refractivity contribution in [1.29, 1.82) is 0 Å². The zero-order valence-corrected chi connectivity index (χ0v) is 14.5. The van der Waals surface area contributed by atoms with Crippen LogP contribution in [0.3, 0.4) is 0 Å². The maximum atomic E-state index is 9.73. The Bertz CT molecular complexity index is 241. The van der Waals surface area contributed by atoms with E-state index in [2.05, 4.69) is 28.8 Å². The average Bonchev–Trinajstić information content (AvgIpc) is 2.72. The molecule has 1 fully saturated rings. The maximum absolute atomic E-state index is 9.73. The van der Waals surface area contributed by atoms with Gasteiger partial charge in [0.25, 0.3) is 0 Å². The van der Waals surface area contributed by atoms with E-state index < -0.39 is 0 Å². The first-order valence-corrected chi connectivity index (χ1v) is 7.86. The van der Waals surface area contributed by atoms with Crippen molar-refractivity contribution in [2.45, 2.75) is 32.3 Å². The minimum atomic E-state index is -0.146. The molecule has 4 nitrogen and oxygen atoms in total. The first-order chi connectivity index (χ1) is 8.27. The Morgan fingerprint density at radius 2 is 2.17 bits per heavy atom. The Labute approximate surface area is 132 Å². The van der Waals surface area contributed by atoms with Crippen molar-refractivity contribution in [3.63, 3.8) is 0 Å². The predicted octanol–water partition coefficient (Wildman–Crippen LogP) is 1.68. The standard InChI is InChI=1S/C12H25N3OS.HI/c1-3-13-12(14-7-8-17-2)15-9-10-5-4-6-11(10)16;/h10-11,16H,3-9H2,1-2H3,(H2,13,14,15);1H. The summed E-state index contributed by atoms with van der Waals surface area (Å²) in [4.78, 5) is 4.54. The first-order valence-electron chi connectivity index (χ1n) is 6.47. The zero-order valence-electron chi connectivity index (χ0n) is 11.3. The van der Waals surface area contributed by atoms with Crippen molar-refractivity contribution in [2.24, 2.45) is 10.9 Å². The summed E-state index contributed by atoms with van der Waals surface area (Å²) in [6, 6.07) is 0. The highest BCUT2D eigenvalue weighted by molar-refractivity contribution is 14.0. The molecule has 1 aliphatic rings. The monoisotopic (exact) mass is 387 g/mol. The summed E-state index contributed by atoms with van der Waals surface area (Å²) in [6.07, 6.45) is 5.14. The number of nitrogens with zero attached hydrogens (tertiary/aromatic N) is 1. The van der Waals surface area contributed by atoms with Crippen LogP contribution in [0.15, 0.2) is 4.99 Å². The van der Waals surface area contributed by atoms with Crippen LogP contribution in [0.5, 0.6) is 0 Å². The summed E-state index contributed by atoms with van der Waals surface area (Å²) in [5, 5.41) is 16.3. The van der Waals surface area contributed by atoms with Gasteiger partial charge in [0.2, 0.25) is 0 Å². The van der Waals surface area contributed by atoms with Crippen LogP contribution < -0.4 is 10.6 Å². The molecule has 0 aromatic rings. The van der Waals surface area contributed by atoms with Crippen molar-refractivity contribution in [3.05, 3.63) is 0 Å². The molecule has 0 aliphatic heterocycles. The van der Waals surface area contributed by atoms with E-state index in [1.165, 1.54) is 0 Å². The summed E-state index contributed by atoms with van der Waals surface area (Å²) in [7, 11) is 0. The molecule has 0 spiro atoms. The molecule has 18 heavy (non-hydrogen) atoms. The van der Waals surface area contributed by atoms with Gasteiger partial charge in [0, 0.05) is 31.3 Å². The quantitative estimate of drug-likeness (QED) is 0.281. The first kappa shape index (κ1) is 18.3. The van der Waals surface area contributed by atoms with E-state index in [1.54, 1.807) is 0 Å². The predicted molar refractivity (Wildman–Crippen MR) is 91.1 cm³/mol. The van der Waals surface area contributed by atoms with Crippen LogP contribution in [0.4, 0.5) is 0 Å². The number of aliphatic hydroxyl groups excluding tert-OH is 1. The average molecular weight is 387 g/mol. The molecule has 2 unspecified atom stereocenters. The molecule has 0 amide bonds. The molecule has 0 aromatic heterocycles. The highest BCUT2D eigenvalue weighted by atomic mass is 127. The normalized spacial score (nSPS) is 23.6. The van der Waals surface area contributed by atoms with Crippen LogP contribution in [-0.2, 0) is 0 Å². The largest absolute Gasteiger partial charge is 0.393 e. The van der Waals surface area contributed by atoms with Gasteiger partial charge in [0.1, 0.15) is 0 Å². The molecule has 108 valence electrons. The molecule has 0 aromatic carbocycles. The molecular formula is C12H26IN3OS. The van der Waals surface area contributed by atoms with Crippen LogP contribution in [0.2, 0.25) is 0 Å². The van der Waals surface area contributed by atoms with Gasteiger partial charge >= 0.3 is 0 Å². The number of hydrogen-bond acceptors (Lipinski definition) is 3. The van der Waals surface area contributed by atoms with E-state index in [1.807, 2.05) is 11.8 Å². The fraction of sp³-hybridized carbons (Fsp3) is 0.917. The van der Waals surface area contributed by atoms with Gasteiger partial charge in [0.15, 0.2) is 5.96 Å². The molecule has 0 radical (unpaired) electrons. The van der Waals surface area contributed by atoms with E-state index in [4.69, 9.17) is 0 Å². The van der Waals surface area contributed by atoms with Crippen molar-refractivity contribution < 1.29 is 5.11 Å². The summed E-state index contributed by atoms with van der Waals surface area (Å²) in [5.74, 6) is 2.31. The second-order valence-electron chi connectivity index (χ2n) is 4.40. The van der Waals surface area contributed by atoms with Gasteiger partial charge in [-0.25, -0.2) is 0 Å². The lowest BCUT2D eigenvalue weighted by Crippen LogP contribution is -2.39. The summed E-state index contributed by atoms with van der Waals surface area (Å²) in [6.45, 7) is 4.60. The number of aliphatic imine (C=N–C) groups is 1. The molecule has 1 saturated carbocycles. The fourth-order valence-electron chi connectivity index (χ4n) is 2.05. The Kier molecular flexibility index (Phi) is 11.4. The number of hydrogen-bond donors (Lipinski definition) is 3. The second-order valence-corrected chi connectivity index (χ2v) is 5.38. The van der Waals surface area contributed by atoms with E-state index in [-0.39, 0.29) is 30.1 Å². The molecule has 2 atom stereocenters.